The second-order valence-corrected chi connectivity index (χ2v) is 3.09. The molecule has 1 aromatic rings. The number of amides is 1. The SMILES string of the molecule is CCCc1ncc2c(n1)NC(=O)CO2.[HH]. The van der Waals surface area contributed by atoms with Crippen molar-refractivity contribution in [3.63, 3.8) is 0 Å². The Bertz CT molecular complexity index is 370. The lowest BCUT2D eigenvalue weighted by Crippen LogP contribution is -2.26. The minimum absolute atomic E-state index is 0. The van der Waals surface area contributed by atoms with Crippen LogP contribution in [0.4, 0.5) is 5.82 Å². The summed E-state index contributed by atoms with van der Waals surface area (Å²) in [4.78, 5) is 19.3. The predicted molar refractivity (Wildman–Crippen MR) is 52.3 cm³/mol. The van der Waals surface area contributed by atoms with Crippen LogP contribution in [0.1, 0.15) is 20.6 Å². The number of aryl methyl sites for hydroxylation is 1. The third-order valence-corrected chi connectivity index (χ3v) is 1.90. The van der Waals surface area contributed by atoms with E-state index in [0.717, 1.165) is 18.7 Å². The molecule has 1 aliphatic heterocycles. The highest BCUT2D eigenvalue weighted by molar-refractivity contribution is 5.93. The second kappa shape index (κ2) is 3.61. The van der Waals surface area contributed by atoms with Crippen LogP contribution in [0, 0.1) is 0 Å². The molecule has 0 unspecified atom stereocenters. The van der Waals surface area contributed by atoms with E-state index in [1.165, 1.54) is 0 Å². The molecule has 2 rings (SSSR count). The van der Waals surface area contributed by atoms with E-state index in [1.54, 1.807) is 6.20 Å². The second-order valence-electron chi connectivity index (χ2n) is 3.09. The van der Waals surface area contributed by atoms with Crippen molar-refractivity contribution in [1.29, 1.82) is 0 Å². The number of aromatic nitrogens is 2. The third-order valence-electron chi connectivity index (χ3n) is 1.90. The van der Waals surface area contributed by atoms with Crippen molar-refractivity contribution in [2.24, 2.45) is 0 Å². The fraction of sp³-hybridized carbons (Fsp3) is 0.444. The largest absolute Gasteiger partial charge is 0.478 e. The van der Waals surface area contributed by atoms with E-state index in [-0.39, 0.29) is 13.9 Å². The number of rotatable bonds is 2. The number of hydrogen-bond acceptors (Lipinski definition) is 4. The summed E-state index contributed by atoms with van der Waals surface area (Å²) in [6, 6.07) is 0. The Morgan fingerprint density at radius 1 is 1.71 bits per heavy atom. The minimum Gasteiger partial charge on any atom is -0.478 e. The fourth-order valence-electron chi connectivity index (χ4n) is 1.26. The Balaban J connectivity index is 0.00000112. The van der Waals surface area contributed by atoms with E-state index >= 15 is 0 Å². The van der Waals surface area contributed by atoms with Gasteiger partial charge >= 0.3 is 0 Å². The van der Waals surface area contributed by atoms with Crippen LogP contribution in [-0.2, 0) is 11.2 Å². The van der Waals surface area contributed by atoms with Crippen molar-refractivity contribution in [2.45, 2.75) is 19.8 Å². The maximum absolute atomic E-state index is 11.0. The van der Waals surface area contributed by atoms with Crippen LogP contribution in [-0.4, -0.2) is 22.5 Å². The summed E-state index contributed by atoms with van der Waals surface area (Å²) in [6.07, 6.45) is 3.39. The molecule has 14 heavy (non-hydrogen) atoms. The molecule has 0 bridgehead atoms. The molecule has 0 radical (unpaired) electrons. The lowest BCUT2D eigenvalue weighted by molar-refractivity contribution is -0.118. The standard InChI is InChI=1S/C9H11N3O2.H2/c1-2-3-7-10-4-6-9(11-7)12-8(13)5-14-6;/h4H,2-3,5H2,1H3,(H,10,11,12,13);1H. The summed E-state index contributed by atoms with van der Waals surface area (Å²) in [6.45, 7) is 2.10. The lowest BCUT2D eigenvalue weighted by atomic mass is 10.3. The highest BCUT2D eigenvalue weighted by atomic mass is 16.5. The molecular formula is C9H13N3O2. The van der Waals surface area contributed by atoms with E-state index in [1.807, 2.05) is 0 Å². The van der Waals surface area contributed by atoms with Gasteiger partial charge in [0.2, 0.25) is 0 Å². The highest BCUT2D eigenvalue weighted by Gasteiger charge is 2.17. The molecule has 0 saturated carbocycles. The Kier molecular flexibility index (Phi) is 2.30. The number of anilines is 1. The van der Waals surface area contributed by atoms with E-state index in [4.69, 9.17) is 4.74 Å². The summed E-state index contributed by atoms with van der Waals surface area (Å²) in [5.41, 5.74) is 0. The van der Waals surface area contributed by atoms with Crippen molar-refractivity contribution in [3.05, 3.63) is 12.0 Å². The molecular weight excluding hydrogens is 182 g/mol. The van der Waals surface area contributed by atoms with Gasteiger partial charge in [-0.2, -0.15) is 0 Å². The van der Waals surface area contributed by atoms with Gasteiger partial charge in [-0.15, -0.1) is 0 Å². The summed E-state index contributed by atoms with van der Waals surface area (Å²) >= 11 is 0. The van der Waals surface area contributed by atoms with Gasteiger partial charge in [0.1, 0.15) is 5.82 Å². The molecule has 0 aliphatic carbocycles. The van der Waals surface area contributed by atoms with Crippen molar-refractivity contribution in [3.8, 4) is 5.75 Å². The van der Waals surface area contributed by atoms with Gasteiger partial charge in [0.05, 0.1) is 6.20 Å². The highest BCUT2D eigenvalue weighted by Crippen LogP contribution is 2.23. The van der Waals surface area contributed by atoms with Gasteiger partial charge in [0.15, 0.2) is 18.2 Å². The van der Waals surface area contributed by atoms with E-state index in [2.05, 4.69) is 22.2 Å². The number of carbonyl (C=O) groups is 1. The number of fused-ring (bicyclic) bond motifs is 1. The van der Waals surface area contributed by atoms with Crippen LogP contribution in [0.3, 0.4) is 0 Å². The monoisotopic (exact) mass is 195 g/mol. The van der Waals surface area contributed by atoms with Crippen LogP contribution in [0.2, 0.25) is 0 Å². The molecule has 2 heterocycles. The van der Waals surface area contributed by atoms with Crippen LogP contribution in [0.25, 0.3) is 0 Å². The normalized spacial score (nSPS) is 14.2. The Hall–Kier alpha value is -1.65. The molecule has 0 spiro atoms. The maximum Gasteiger partial charge on any atom is 0.263 e. The zero-order valence-electron chi connectivity index (χ0n) is 7.91. The molecule has 0 atom stereocenters. The van der Waals surface area contributed by atoms with Crippen LogP contribution in [0.15, 0.2) is 6.20 Å². The van der Waals surface area contributed by atoms with Gasteiger partial charge in [0, 0.05) is 7.85 Å². The fourth-order valence-corrected chi connectivity index (χ4v) is 1.26. The van der Waals surface area contributed by atoms with E-state index in [9.17, 15) is 4.79 Å². The topological polar surface area (TPSA) is 64.1 Å². The number of nitrogens with zero attached hydrogens (tertiary/aromatic N) is 2. The van der Waals surface area contributed by atoms with Crippen molar-refractivity contribution < 1.29 is 11.0 Å². The Morgan fingerprint density at radius 2 is 2.57 bits per heavy atom. The molecule has 5 nitrogen and oxygen atoms in total. The van der Waals surface area contributed by atoms with Gasteiger partial charge in [-0.25, -0.2) is 9.97 Å². The average Bonchev–Trinajstić information content (AvgIpc) is 2.17. The molecule has 1 aromatic heterocycles. The van der Waals surface area contributed by atoms with Gasteiger partial charge in [-0.3, -0.25) is 4.79 Å². The van der Waals surface area contributed by atoms with Crippen molar-refractivity contribution >= 4 is 11.7 Å². The summed E-state index contributed by atoms with van der Waals surface area (Å²) in [7, 11) is 0. The quantitative estimate of drug-likeness (QED) is 0.764. The van der Waals surface area contributed by atoms with E-state index < -0.39 is 0 Å². The van der Waals surface area contributed by atoms with Gasteiger partial charge in [0.25, 0.3) is 5.91 Å². The first-order valence-corrected chi connectivity index (χ1v) is 4.58. The lowest BCUT2D eigenvalue weighted by Gasteiger charge is -2.16. The van der Waals surface area contributed by atoms with Crippen LogP contribution < -0.4 is 10.1 Å². The summed E-state index contributed by atoms with van der Waals surface area (Å²) in [5.74, 6) is 1.60. The van der Waals surface area contributed by atoms with Crippen LogP contribution >= 0.6 is 0 Å². The van der Waals surface area contributed by atoms with Crippen molar-refractivity contribution in [2.75, 3.05) is 11.9 Å². The smallest absolute Gasteiger partial charge is 0.263 e. The van der Waals surface area contributed by atoms with E-state index in [0.29, 0.717) is 11.6 Å². The molecule has 0 aromatic carbocycles. The first-order chi connectivity index (χ1) is 6.79. The minimum atomic E-state index is -0.168. The molecule has 1 N–H and O–H groups in total. The summed E-state index contributed by atoms with van der Waals surface area (Å²) < 4.78 is 5.13. The number of hydrogen-bond donors (Lipinski definition) is 1. The maximum atomic E-state index is 11.0. The summed E-state index contributed by atoms with van der Waals surface area (Å²) in [5, 5.41) is 2.64. The van der Waals surface area contributed by atoms with Crippen molar-refractivity contribution in [1.82, 2.24) is 9.97 Å². The number of nitrogens with one attached hydrogen (secondary N) is 1. The predicted octanol–water partition coefficient (Wildman–Crippen LogP) is 1.01. The first-order valence-electron chi connectivity index (χ1n) is 4.58. The zero-order chi connectivity index (χ0) is 9.97. The Morgan fingerprint density at radius 3 is 3.36 bits per heavy atom. The molecule has 5 heteroatoms. The third kappa shape index (κ3) is 1.66. The molecule has 0 saturated heterocycles. The number of carbonyl (C=O) groups excluding carboxylic acids is 1. The van der Waals surface area contributed by atoms with Crippen LogP contribution in [0.5, 0.6) is 5.75 Å². The Labute approximate surface area is 83.0 Å². The average molecular weight is 195 g/mol. The molecule has 1 amide bonds. The first kappa shape index (κ1) is 8.93. The van der Waals surface area contributed by atoms with Gasteiger partial charge in [-0.05, 0) is 6.42 Å². The molecule has 1 aliphatic rings. The van der Waals surface area contributed by atoms with Gasteiger partial charge < -0.3 is 10.1 Å². The molecule has 0 fully saturated rings. The molecule has 76 valence electrons. The van der Waals surface area contributed by atoms with Gasteiger partial charge in [-0.1, -0.05) is 6.92 Å². The zero-order valence-corrected chi connectivity index (χ0v) is 7.91. The number of ether oxygens (including phenoxy) is 1.